The summed E-state index contributed by atoms with van der Waals surface area (Å²) in [6.07, 6.45) is 3.21. The number of nitrogens with two attached hydrogens (primary N) is 1. The van der Waals surface area contributed by atoms with Gasteiger partial charge in [-0.2, -0.15) is 5.10 Å². The van der Waals surface area contributed by atoms with Crippen LogP contribution in [0.5, 0.6) is 0 Å². The smallest absolute Gasteiger partial charge is 0.187 e. The maximum absolute atomic E-state index is 13.4. The Morgan fingerprint density at radius 2 is 2.21 bits per heavy atom. The molecule has 1 aliphatic rings. The Morgan fingerprint density at radius 1 is 1.57 bits per heavy atom. The normalized spacial score (nSPS) is 17.4. The minimum absolute atomic E-state index is 0.0217. The predicted octanol–water partition coefficient (Wildman–Crippen LogP) is 2.11. The van der Waals surface area contributed by atoms with Gasteiger partial charge in [-0.05, 0) is 30.6 Å². The molecular formula is C10H16FN3. The van der Waals surface area contributed by atoms with Crippen LogP contribution in [-0.4, -0.2) is 10.2 Å². The van der Waals surface area contributed by atoms with Crippen molar-refractivity contribution in [2.75, 3.05) is 5.73 Å². The number of hydrogen-bond donors (Lipinski definition) is 2. The number of nitrogens with one attached hydrogen (secondary N) is 1. The van der Waals surface area contributed by atoms with Gasteiger partial charge in [-0.25, -0.2) is 4.39 Å². The number of nitrogens with zero attached hydrogens (tertiary/aromatic N) is 1. The summed E-state index contributed by atoms with van der Waals surface area (Å²) in [5, 5.41) is 6.32. The summed E-state index contributed by atoms with van der Waals surface area (Å²) < 4.78 is 13.4. The van der Waals surface area contributed by atoms with Crippen LogP contribution in [0.25, 0.3) is 0 Å². The topological polar surface area (TPSA) is 54.7 Å². The highest BCUT2D eigenvalue weighted by molar-refractivity contribution is 5.32. The number of halogens is 1. The molecule has 14 heavy (non-hydrogen) atoms. The van der Waals surface area contributed by atoms with E-state index in [1.807, 2.05) is 0 Å². The monoisotopic (exact) mass is 197 g/mol. The first kappa shape index (κ1) is 9.49. The van der Waals surface area contributed by atoms with Crippen molar-refractivity contribution in [3.63, 3.8) is 0 Å². The van der Waals surface area contributed by atoms with Gasteiger partial charge in [-0.3, -0.25) is 5.10 Å². The molecule has 0 saturated heterocycles. The van der Waals surface area contributed by atoms with Crippen molar-refractivity contribution in [3.8, 4) is 0 Å². The lowest BCUT2D eigenvalue weighted by molar-refractivity contribution is 0.300. The summed E-state index contributed by atoms with van der Waals surface area (Å²) in [5.74, 6) is 0.330. The fourth-order valence-electron chi connectivity index (χ4n) is 1.96. The molecule has 0 aromatic carbocycles. The summed E-state index contributed by atoms with van der Waals surface area (Å²) in [5.41, 5.74) is 6.03. The lowest BCUT2D eigenvalue weighted by atomic mass is 9.82. The highest BCUT2D eigenvalue weighted by atomic mass is 19.1. The Kier molecular flexibility index (Phi) is 2.01. The van der Waals surface area contributed by atoms with E-state index in [2.05, 4.69) is 24.0 Å². The molecule has 1 fully saturated rings. The molecule has 4 heteroatoms. The fraction of sp³-hybridized carbons (Fsp3) is 0.700. The second-order valence-electron chi connectivity index (χ2n) is 4.84. The second-order valence-corrected chi connectivity index (χ2v) is 4.84. The second kappa shape index (κ2) is 2.97. The first-order valence-electron chi connectivity index (χ1n) is 4.99. The fourth-order valence-corrected chi connectivity index (χ4v) is 1.96. The zero-order valence-electron chi connectivity index (χ0n) is 8.60. The standard InChI is InChI=1S/C10H16FN3/c1-10(2,6-3-4-6)5-7-8(11)9(12)14-13-7/h6H,3-5H2,1-2H3,(H3,12,13,14). The Balaban J connectivity index is 2.13. The van der Waals surface area contributed by atoms with E-state index < -0.39 is 0 Å². The van der Waals surface area contributed by atoms with E-state index in [1.54, 1.807) is 0 Å². The van der Waals surface area contributed by atoms with E-state index in [4.69, 9.17) is 5.73 Å². The van der Waals surface area contributed by atoms with Crippen molar-refractivity contribution in [2.45, 2.75) is 33.1 Å². The van der Waals surface area contributed by atoms with Gasteiger partial charge in [0.2, 0.25) is 0 Å². The van der Waals surface area contributed by atoms with Crippen LogP contribution in [0.4, 0.5) is 10.2 Å². The molecule has 0 bridgehead atoms. The summed E-state index contributed by atoms with van der Waals surface area (Å²) in [7, 11) is 0. The molecule has 0 atom stereocenters. The zero-order chi connectivity index (χ0) is 10.3. The van der Waals surface area contributed by atoms with E-state index in [1.165, 1.54) is 12.8 Å². The number of anilines is 1. The van der Waals surface area contributed by atoms with Crippen molar-refractivity contribution in [2.24, 2.45) is 11.3 Å². The number of H-pyrrole nitrogens is 1. The number of rotatable bonds is 3. The maximum atomic E-state index is 13.4. The highest BCUT2D eigenvalue weighted by Crippen LogP contribution is 2.47. The Morgan fingerprint density at radius 3 is 2.64 bits per heavy atom. The van der Waals surface area contributed by atoms with Gasteiger partial charge in [0.05, 0.1) is 5.69 Å². The molecule has 0 radical (unpaired) electrons. The third kappa shape index (κ3) is 1.61. The summed E-state index contributed by atoms with van der Waals surface area (Å²) in [6, 6.07) is 0. The van der Waals surface area contributed by atoms with Gasteiger partial charge in [0.15, 0.2) is 11.6 Å². The molecule has 0 unspecified atom stereocenters. The molecule has 1 aliphatic carbocycles. The van der Waals surface area contributed by atoms with Crippen molar-refractivity contribution < 1.29 is 4.39 Å². The largest absolute Gasteiger partial charge is 0.380 e. The van der Waals surface area contributed by atoms with Crippen LogP contribution >= 0.6 is 0 Å². The van der Waals surface area contributed by atoms with Gasteiger partial charge in [-0.1, -0.05) is 13.8 Å². The van der Waals surface area contributed by atoms with Gasteiger partial charge in [0.1, 0.15) is 0 Å². The average Bonchev–Trinajstić information content (AvgIpc) is 2.89. The Hall–Kier alpha value is -1.06. The Bertz CT molecular complexity index is 339. The predicted molar refractivity (Wildman–Crippen MR) is 53.2 cm³/mol. The highest BCUT2D eigenvalue weighted by Gasteiger charge is 2.38. The zero-order valence-corrected chi connectivity index (χ0v) is 8.60. The van der Waals surface area contributed by atoms with E-state index in [9.17, 15) is 4.39 Å². The van der Waals surface area contributed by atoms with Crippen molar-refractivity contribution >= 4 is 5.82 Å². The molecule has 1 aromatic heterocycles. The van der Waals surface area contributed by atoms with Crippen LogP contribution < -0.4 is 5.73 Å². The van der Waals surface area contributed by atoms with Crippen molar-refractivity contribution in [1.82, 2.24) is 10.2 Å². The third-order valence-electron chi connectivity index (χ3n) is 3.12. The molecular weight excluding hydrogens is 181 g/mol. The summed E-state index contributed by atoms with van der Waals surface area (Å²) in [4.78, 5) is 0. The number of aromatic nitrogens is 2. The molecule has 3 N–H and O–H groups in total. The molecule has 1 heterocycles. The van der Waals surface area contributed by atoms with Crippen LogP contribution in [0, 0.1) is 17.2 Å². The molecule has 3 nitrogen and oxygen atoms in total. The van der Waals surface area contributed by atoms with E-state index >= 15 is 0 Å². The van der Waals surface area contributed by atoms with Crippen LogP contribution in [0.3, 0.4) is 0 Å². The van der Waals surface area contributed by atoms with Crippen molar-refractivity contribution in [1.29, 1.82) is 0 Å². The van der Waals surface area contributed by atoms with E-state index in [0.717, 1.165) is 5.92 Å². The first-order valence-corrected chi connectivity index (χ1v) is 4.99. The van der Waals surface area contributed by atoms with Gasteiger partial charge >= 0.3 is 0 Å². The van der Waals surface area contributed by atoms with E-state index in [0.29, 0.717) is 12.1 Å². The SMILES string of the molecule is CC(C)(Cc1[nH]nc(N)c1F)C1CC1. The minimum Gasteiger partial charge on any atom is -0.380 e. The summed E-state index contributed by atoms with van der Waals surface area (Å²) >= 11 is 0. The average molecular weight is 197 g/mol. The minimum atomic E-state index is -0.376. The molecule has 2 rings (SSSR count). The van der Waals surface area contributed by atoms with Crippen molar-refractivity contribution in [3.05, 3.63) is 11.5 Å². The van der Waals surface area contributed by atoms with Gasteiger partial charge in [0, 0.05) is 0 Å². The maximum Gasteiger partial charge on any atom is 0.187 e. The van der Waals surface area contributed by atoms with Crippen LogP contribution in [0.2, 0.25) is 0 Å². The number of aromatic amines is 1. The lowest BCUT2D eigenvalue weighted by Crippen LogP contribution is -2.18. The van der Waals surface area contributed by atoms with Crippen LogP contribution in [0.15, 0.2) is 0 Å². The molecule has 0 aliphatic heterocycles. The number of hydrogen-bond acceptors (Lipinski definition) is 2. The van der Waals surface area contributed by atoms with Gasteiger partial charge < -0.3 is 5.73 Å². The first-order chi connectivity index (χ1) is 6.50. The van der Waals surface area contributed by atoms with Crippen LogP contribution in [-0.2, 0) is 6.42 Å². The number of nitrogen functional groups attached to an aromatic ring is 1. The van der Waals surface area contributed by atoms with Gasteiger partial charge in [0.25, 0.3) is 0 Å². The lowest BCUT2D eigenvalue weighted by Gasteiger charge is -2.23. The molecule has 0 spiro atoms. The van der Waals surface area contributed by atoms with E-state index in [-0.39, 0.29) is 17.1 Å². The molecule has 1 saturated carbocycles. The quantitative estimate of drug-likeness (QED) is 0.779. The molecule has 78 valence electrons. The Labute approximate surface area is 82.9 Å². The molecule has 1 aromatic rings. The molecule has 0 amide bonds. The van der Waals surface area contributed by atoms with Gasteiger partial charge in [-0.15, -0.1) is 0 Å². The third-order valence-corrected chi connectivity index (χ3v) is 3.12. The van der Waals surface area contributed by atoms with Crippen LogP contribution in [0.1, 0.15) is 32.4 Å². The summed E-state index contributed by atoms with van der Waals surface area (Å²) in [6.45, 7) is 4.34.